The van der Waals surface area contributed by atoms with E-state index in [4.69, 9.17) is 33.5 Å². The van der Waals surface area contributed by atoms with Crippen molar-refractivity contribution in [1.82, 2.24) is 0 Å². The third-order valence-electron chi connectivity index (χ3n) is 1.60. The summed E-state index contributed by atoms with van der Waals surface area (Å²) in [6.45, 7) is 0. The molecule has 0 aliphatic rings. The predicted octanol–water partition coefficient (Wildman–Crippen LogP) is 2.08. The largest absolute Gasteiger partial charge is 0.398 e. The summed E-state index contributed by atoms with van der Waals surface area (Å²) in [5.41, 5.74) is 4.90. The second kappa shape index (κ2) is 6.85. The average Bonchev–Trinajstić information content (AvgIpc) is 2.21. The molecule has 12 heteroatoms. The monoisotopic (exact) mass is 371 g/mol. The van der Waals surface area contributed by atoms with Crippen LogP contribution in [0.5, 0.6) is 0 Å². The van der Waals surface area contributed by atoms with Gasteiger partial charge in [-0.15, -0.1) is 0 Å². The third-order valence-corrected chi connectivity index (χ3v) is 3.99. The lowest BCUT2D eigenvalue weighted by molar-refractivity contribution is 0.235. The van der Waals surface area contributed by atoms with Crippen LogP contribution in [0.3, 0.4) is 0 Å². The van der Waals surface area contributed by atoms with Gasteiger partial charge in [-0.1, -0.05) is 23.2 Å². The molecule has 0 aliphatic heterocycles. The van der Waals surface area contributed by atoms with E-state index in [2.05, 4.69) is 0 Å². The second-order valence-corrected chi connectivity index (χ2v) is 7.42. The number of sulfone groups is 1. The Balaban J connectivity index is 0.000000621. The Morgan fingerprint density at radius 1 is 1.20 bits per heavy atom. The highest BCUT2D eigenvalue weighted by atomic mass is 35.5. The highest BCUT2D eigenvalue weighted by Crippen LogP contribution is 2.36. The van der Waals surface area contributed by atoms with Crippen LogP contribution >= 0.6 is 23.2 Å². The van der Waals surface area contributed by atoms with Gasteiger partial charge >= 0.3 is 5.76 Å². The first kappa shape index (κ1) is 19.3. The predicted molar refractivity (Wildman–Crippen MR) is 71.5 cm³/mol. The van der Waals surface area contributed by atoms with Gasteiger partial charge in [0, 0.05) is 0 Å². The SMILES string of the molecule is CS(=O)(=O)O.Nc1ccc(Cl)c(Cl)c1S(=O)(=O)C(F)F. The molecule has 6 nitrogen and oxygen atoms in total. The van der Waals surface area contributed by atoms with Gasteiger partial charge in [-0.05, 0) is 12.1 Å². The molecular formula is C8H9Cl2F2NO5S2. The zero-order valence-corrected chi connectivity index (χ0v) is 12.9. The van der Waals surface area contributed by atoms with Gasteiger partial charge in [0.1, 0.15) is 4.90 Å². The summed E-state index contributed by atoms with van der Waals surface area (Å²) in [4.78, 5) is -0.827. The maximum atomic E-state index is 12.2. The van der Waals surface area contributed by atoms with Gasteiger partial charge in [-0.25, -0.2) is 8.42 Å². The molecule has 0 atom stereocenters. The highest BCUT2D eigenvalue weighted by Gasteiger charge is 2.31. The van der Waals surface area contributed by atoms with Gasteiger partial charge in [-0.3, -0.25) is 4.55 Å². The average molecular weight is 372 g/mol. The fraction of sp³-hybridized carbons (Fsp3) is 0.250. The van der Waals surface area contributed by atoms with Crippen molar-refractivity contribution in [1.29, 1.82) is 0 Å². The molecule has 0 unspecified atom stereocenters. The van der Waals surface area contributed by atoms with Crippen LogP contribution in [0.25, 0.3) is 0 Å². The summed E-state index contributed by atoms with van der Waals surface area (Å²) in [7, 11) is -8.50. The first-order chi connectivity index (χ1) is 8.78. The van der Waals surface area contributed by atoms with Crippen LogP contribution < -0.4 is 5.73 Å². The maximum absolute atomic E-state index is 12.2. The molecule has 3 N–H and O–H groups in total. The number of hydrogen-bond donors (Lipinski definition) is 2. The molecule has 0 saturated carbocycles. The fourth-order valence-corrected chi connectivity index (χ4v) is 2.57. The fourth-order valence-electron chi connectivity index (χ4n) is 0.925. The number of halogens is 4. The van der Waals surface area contributed by atoms with Crippen molar-refractivity contribution < 1.29 is 30.2 Å². The molecule has 0 amide bonds. The van der Waals surface area contributed by atoms with Crippen molar-refractivity contribution in [2.75, 3.05) is 12.0 Å². The zero-order valence-electron chi connectivity index (χ0n) is 9.72. The van der Waals surface area contributed by atoms with Crippen LogP contribution in [0.2, 0.25) is 10.0 Å². The molecule has 0 heterocycles. The summed E-state index contributed by atoms with van der Waals surface area (Å²) >= 11 is 11.0. The van der Waals surface area contributed by atoms with E-state index >= 15 is 0 Å². The number of nitrogen functional groups attached to an aromatic ring is 1. The number of anilines is 1. The third kappa shape index (κ3) is 5.75. The van der Waals surface area contributed by atoms with E-state index in [9.17, 15) is 25.6 Å². The molecule has 0 spiro atoms. The first-order valence-corrected chi connectivity index (χ1v) is 8.61. The normalized spacial score (nSPS) is 11.9. The lowest BCUT2D eigenvalue weighted by Gasteiger charge is -2.09. The molecule has 0 bridgehead atoms. The summed E-state index contributed by atoms with van der Waals surface area (Å²) in [5.74, 6) is -3.59. The van der Waals surface area contributed by atoms with Crippen LogP contribution in [-0.4, -0.2) is 33.4 Å². The lowest BCUT2D eigenvalue weighted by atomic mass is 10.3. The Hall–Kier alpha value is -0.680. The number of rotatable bonds is 2. The van der Waals surface area contributed by atoms with E-state index in [1.54, 1.807) is 0 Å². The molecule has 1 aromatic carbocycles. The van der Waals surface area contributed by atoms with Crippen molar-refractivity contribution in [3.8, 4) is 0 Å². The summed E-state index contributed by atoms with van der Waals surface area (Å²) in [6.07, 6.45) is 0.715. The van der Waals surface area contributed by atoms with E-state index in [1.165, 1.54) is 6.07 Å². The standard InChI is InChI=1S/C7H5Cl2F2NO2S.CH4O3S/c8-3-1-2-4(12)6(5(3)9)15(13,14)7(10)11;1-5(2,3)4/h1-2,7H,12H2;1H3,(H,2,3,4). The van der Waals surface area contributed by atoms with E-state index in [0.29, 0.717) is 6.26 Å². The Bertz CT molecular complexity index is 683. The number of nitrogens with two attached hydrogens (primary N) is 1. The summed E-state index contributed by atoms with van der Waals surface area (Å²) in [5, 5.41) is -0.637. The Morgan fingerprint density at radius 3 is 1.95 bits per heavy atom. The minimum atomic E-state index is -4.84. The zero-order chi connectivity index (χ0) is 16.3. The van der Waals surface area contributed by atoms with E-state index in [1.807, 2.05) is 0 Å². The minimum Gasteiger partial charge on any atom is -0.398 e. The molecule has 0 saturated heterocycles. The molecule has 0 aromatic heterocycles. The van der Waals surface area contributed by atoms with Gasteiger partial charge < -0.3 is 5.73 Å². The van der Waals surface area contributed by atoms with Crippen molar-refractivity contribution in [2.45, 2.75) is 10.7 Å². The van der Waals surface area contributed by atoms with E-state index < -0.39 is 35.6 Å². The molecule has 0 radical (unpaired) electrons. The van der Waals surface area contributed by atoms with Crippen LogP contribution in [0.4, 0.5) is 14.5 Å². The quantitative estimate of drug-likeness (QED) is 0.607. The van der Waals surface area contributed by atoms with E-state index in [-0.39, 0.29) is 10.7 Å². The molecule has 1 rings (SSSR count). The molecule has 116 valence electrons. The summed E-state index contributed by atoms with van der Waals surface area (Å²) < 4.78 is 72.7. The number of alkyl halides is 2. The van der Waals surface area contributed by atoms with Crippen molar-refractivity contribution in [3.05, 3.63) is 22.2 Å². The maximum Gasteiger partial charge on any atom is 0.341 e. The smallest absolute Gasteiger partial charge is 0.341 e. The van der Waals surface area contributed by atoms with Crippen LogP contribution in [0.15, 0.2) is 17.0 Å². The Kier molecular flexibility index (Phi) is 6.62. The second-order valence-electron chi connectivity index (χ2n) is 3.32. The Labute approximate surface area is 124 Å². The number of hydrogen-bond acceptors (Lipinski definition) is 5. The van der Waals surface area contributed by atoms with Crippen molar-refractivity contribution in [2.24, 2.45) is 0 Å². The Morgan fingerprint density at radius 2 is 1.60 bits per heavy atom. The lowest BCUT2D eigenvalue weighted by Crippen LogP contribution is -2.14. The number of benzene rings is 1. The van der Waals surface area contributed by atoms with E-state index in [0.717, 1.165) is 6.07 Å². The van der Waals surface area contributed by atoms with Gasteiger partial charge in [0.2, 0.25) is 9.84 Å². The molecule has 0 aliphatic carbocycles. The van der Waals surface area contributed by atoms with Gasteiger partial charge in [0.05, 0.1) is 22.0 Å². The van der Waals surface area contributed by atoms with Crippen LogP contribution in [0, 0.1) is 0 Å². The highest BCUT2D eigenvalue weighted by molar-refractivity contribution is 7.92. The summed E-state index contributed by atoms with van der Waals surface area (Å²) in [6, 6.07) is 2.33. The van der Waals surface area contributed by atoms with Gasteiger partial charge in [0.15, 0.2) is 0 Å². The molecule has 1 aromatic rings. The minimum absolute atomic E-state index is 0.148. The molecular weight excluding hydrogens is 363 g/mol. The first-order valence-electron chi connectivity index (χ1n) is 4.46. The van der Waals surface area contributed by atoms with Crippen LogP contribution in [-0.2, 0) is 20.0 Å². The van der Waals surface area contributed by atoms with Crippen LogP contribution in [0.1, 0.15) is 0 Å². The van der Waals surface area contributed by atoms with Gasteiger partial charge in [-0.2, -0.15) is 17.2 Å². The van der Waals surface area contributed by atoms with Gasteiger partial charge in [0.25, 0.3) is 10.1 Å². The molecule has 20 heavy (non-hydrogen) atoms. The topological polar surface area (TPSA) is 115 Å². The van der Waals surface area contributed by atoms with Crippen molar-refractivity contribution in [3.63, 3.8) is 0 Å². The van der Waals surface area contributed by atoms with Crippen molar-refractivity contribution >= 4 is 48.8 Å². The molecule has 0 fully saturated rings.